The van der Waals surface area contributed by atoms with Crippen LogP contribution < -0.4 is 37.2 Å². The summed E-state index contributed by atoms with van der Waals surface area (Å²) in [5.41, 5.74) is 6.16. The summed E-state index contributed by atoms with van der Waals surface area (Å²) in [5.74, 6) is 1.86. The van der Waals surface area contributed by atoms with Crippen molar-refractivity contribution in [1.29, 1.82) is 0 Å². The molecule has 0 N–H and O–H groups in total. The Morgan fingerprint density at radius 3 is 1.31 bits per heavy atom. The van der Waals surface area contributed by atoms with E-state index in [-0.39, 0.29) is 78.1 Å². The molecule has 2 aromatic carbocycles. The van der Waals surface area contributed by atoms with Gasteiger partial charge in [0.15, 0.2) is 11.6 Å². The number of piperidine rings is 2. The largest absolute Gasteiger partial charge is 3.00 e. The molecule has 0 bridgehead atoms. The van der Waals surface area contributed by atoms with Crippen LogP contribution in [-0.2, 0) is 13.3 Å². The number of nitrogens with zero attached hydrogens (tertiary/aromatic N) is 7. The van der Waals surface area contributed by atoms with Gasteiger partial charge in [-0.15, -0.1) is 0 Å². The number of imidazole rings is 2. The van der Waals surface area contributed by atoms with Crippen LogP contribution in [0.5, 0.6) is 0 Å². The van der Waals surface area contributed by atoms with Crippen LogP contribution in [0.1, 0.15) is 38.5 Å². The number of halogens is 3. The molecule has 2 aliphatic rings. The number of hydrogen-bond acceptors (Lipinski definition) is 5. The third kappa shape index (κ3) is 7.31. The first-order valence-electron chi connectivity index (χ1n) is 14.2. The van der Waals surface area contributed by atoms with E-state index >= 15 is 0 Å². The van der Waals surface area contributed by atoms with Crippen LogP contribution in [-0.4, -0.2) is 60.1 Å². The topological polar surface area (TPSA) is 55.0 Å². The number of rotatable bonds is 6. The molecule has 0 aliphatic carbocycles. The second-order valence-electron chi connectivity index (χ2n) is 10.8. The first kappa shape index (κ1) is 35.2. The van der Waals surface area contributed by atoms with E-state index in [9.17, 15) is 0 Å². The van der Waals surface area contributed by atoms with E-state index in [1.807, 2.05) is 0 Å². The molecule has 5 heterocycles. The third-order valence-electron chi connectivity index (χ3n) is 8.10. The van der Waals surface area contributed by atoms with Crippen molar-refractivity contribution < 1.29 is 78.1 Å². The summed E-state index contributed by atoms with van der Waals surface area (Å²) >= 11 is 0. The van der Waals surface area contributed by atoms with Crippen molar-refractivity contribution in [2.75, 3.05) is 26.2 Å². The van der Waals surface area contributed by atoms with Crippen LogP contribution in [0, 0.1) is 40.8 Å². The molecule has 7 rings (SSSR count). The molecule has 219 valence electrons. The van der Waals surface area contributed by atoms with Gasteiger partial charge in [0.2, 0.25) is 0 Å². The van der Waals surface area contributed by atoms with Crippen LogP contribution in [0.15, 0.2) is 66.7 Å². The standard InChI is InChI=1S/C31H35N7.3ClH.Nd/c1-7-18-35(19-8-1)22-37-28-16-5-3-12-24(28)33-30(37)26-14-11-15-27(32-26)31-34-25-13-4-6-17-29(25)38(31)23-36-20-9-2-10-21-36;;;;/h3-6,11-17H,1-2,7-10,18-23H2;3*1H;/q;;;;+3/p-3. The summed E-state index contributed by atoms with van der Waals surface area (Å²) in [5, 5.41) is 0. The normalized spacial score (nSPS) is 15.8. The molecule has 11 heteroatoms. The Hall–Kier alpha value is -1.33. The number of para-hydroxylation sites is 4. The molecule has 3 aromatic heterocycles. The fraction of sp³-hybridized carbons (Fsp3) is 0.387. The Labute approximate surface area is 299 Å². The van der Waals surface area contributed by atoms with Crippen molar-refractivity contribution in [3.63, 3.8) is 0 Å². The van der Waals surface area contributed by atoms with Crippen LogP contribution in [0.3, 0.4) is 0 Å². The molecular formula is C31H35Cl3N7Nd. The predicted octanol–water partition coefficient (Wildman–Crippen LogP) is -2.99. The molecule has 42 heavy (non-hydrogen) atoms. The van der Waals surface area contributed by atoms with Gasteiger partial charge in [0.05, 0.1) is 35.4 Å². The fourth-order valence-corrected chi connectivity index (χ4v) is 6.11. The van der Waals surface area contributed by atoms with Gasteiger partial charge in [-0.25, -0.2) is 15.0 Å². The van der Waals surface area contributed by atoms with Gasteiger partial charge in [0, 0.05) is 0 Å². The fourth-order valence-electron chi connectivity index (χ4n) is 6.11. The summed E-state index contributed by atoms with van der Waals surface area (Å²) in [4.78, 5) is 20.5. The first-order chi connectivity index (χ1) is 18.8. The molecule has 5 aromatic rings. The van der Waals surface area contributed by atoms with Crippen molar-refractivity contribution in [3.8, 4) is 23.0 Å². The maximum Gasteiger partial charge on any atom is 3.00 e. The van der Waals surface area contributed by atoms with Crippen LogP contribution in [0.4, 0.5) is 0 Å². The van der Waals surface area contributed by atoms with Crippen molar-refractivity contribution in [2.45, 2.75) is 51.9 Å². The minimum Gasteiger partial charge on any atom is -1.00 e. The van der Waals surface area contributed by atoms with Crippen LogP contribution in [0.2, 0.25) is 0 Å². The summed E-state index contributed by atoms with van der Waals surface area (Å²) in [6, 6.07) is 23.2. The Morgan fingerprint density at radius 1 is 0.476 bits per heavy atom. The van der Waals surface area contributed by atoms with Crippen molar-refractivity contribution in [3.05, 3.63) is 66.7 Å². The SMILES string of the molecule is [Cl-].[Cl-].[Cl-].[Nd+3].c1cc(-c2nc3ccccc3n2CN2CCCCC2)nc(-c2nc3ccccc3n2CN2CCCCC2)c1. The molecule has 0 amide bonds. The summed E-state index contributed by atoms with van der Waals surface area (Å²) in [6.07, 6.45) is 7.73. The minimum absolute atomic E-state index is 0. The number of fused-ring (bicyclic) bond motifs is 2. The van der Waals surface area contributed by atoms with Crippen molar-refractivity contribution in [2.24, 2.45) is 0 Å². The zero-order valence-electron chi connectivity index (χ0n) is 23.6. The molecule has 2 fully saturated rings. The Kier molecular flexibility index (Phi) is 13.5. The number of hydrogen-bond donors (Lipinski definition) is 0. The summed E-state index contributed by atoms with van der Waals surface area (Å²) in [7, 11) is 0. The van der Waals surface area contributed by atoms with Crippen molar-refractivity contribution >= 4 is 22.1 Å². The smallest absolute Gasteiger partial charge is 1.00 e. The molecule has 0 saturated carbocycles. The van der Waals surface area contributed by atoms with E-state index in [0.717, 1.165) is 84.6 Å². The van der Waals surface area contributed by atoms with Gasteiger partial charge >= 0.3 is 40.8 Å². The second-order valence-corrected chi connectivity index (χ2v) is 10.8. The first-order valence-corrected chi connectivity index (χ1v) is 14.2. The average molecular weight is 756 g/mol. The van der Waals surface area contributed by atoms with Crippen LogP contribution in [0.25, 0.3) is 45.1 Å². The van der Waals surface area contributed by atoms with Crippen molar-refractivity contribution in [1.82, 2.24) is 33.9 Å². The molecule has 2 saturated heterocycles. The van der Waals surface area contributed by atoms with Gasteiger partial charge in [-0.1, -0.05) is 43.2 Å². The molecule has 0 spiro atoms. The Morgan fingerprint density at radius 2 is 0.881 bits per heavy atom. The predicted molar refractivity (Wildman–Crippen MR) is 153 cm³/mol. The van der Waals surface area contributed by atoms with E-state index in [1.165, 1.54) is 38.5 Å². The number of likely N-dealkylation sites (tertiary alicyclic amines) is 2. The van der Waals surface area contributed by atoms with Gasteiger partial charge in [0.1, 0.15) is 11.4 Å². The van der Waals surface area contributed by atoms with E-state index in [0.29, 0.717) is 0 Å². The molecule has 1 radical (unpaired) electrons. The number of pyridine rings is 1. The minimum atomic E-state index is 0. The molecule has 0 atom stereocenters. The van der Waals surface area contributed by atoms with E-state index in [1.54, 1.807) is 0 Å². The Bertz CT molecular complexity index is 1460. The number of benzene rings is 2. The van der Waals surface area contributed by atoms with Gasteiger partial charge in [-0.05, 0) is 88.3 Å². The molecule has 7 nitrogen and oxygen atoms in total. The second kappa shape index (κ2) is 16.1. The van der Waals surface area contributed by atoms with E-state index in [4.69, 9.17) is 15.0 Å². The van der Waals surface area contributed by atoms with E-state index < -0.39 is 0 Å². The Balaban J connectivity index is 0.00000121. The maximum absolute atomic E-state index is 5.21. The van der Waals surface area contributed by atoms with Gasteiger partial charge in [-0.2, -0.15) is 0 Å². The van der Waals surface area contributed by atoms with Gasteiger partial charge in [0.25, 0.3) is 0 Å². The number of aromatic nitrogens is 5. The summed E-state index contributed by atoms with van der Waals surface area (Å²) in [6.45, 7) is 6.24. The van der Waals surface area contributed by atoms with Crippen LogP contribution >= 0.6 is 0 Å². The average Bonchev–Trinajstić information content (AvgIpc) is 3.53. The van der Waals surface area contributed by atoms with E-state index in [2.05, 4.69) is 85.7 Å². The monoisotopic (exact) mass is 752 g/mol. The van der Waals surface area contributed by atoms with Gasteiger partial charge in [-0.3, -0.25) is 9.80 Å². The quantitative estimate of drug-likeness (QED) is 0.186. The molecule has 0 unspecified atom stereocenters. The molecule has 2 aliphatic heterocycles. The van der Waals surface area contributed by atoms with Gasteiger partial charge < -0.3 is 46.4 Å². The molecular weight excluding hydrogens is 721 g/mol. The summed E-state index contributed by atoms with van der Waals surface area (Å²) < 4.78 is 4.70. The zero-order chi connectivity index (χ0) is 25.3. The maximum atomic E-state index is 5.21. The zero-order valence-corrected chi connectivity index (χ0v) is 29.1. The third-order valence-corrected chi connectivity index (χ3v) is 8.10.